The lowest BCUT2D eigenvalue weighted by molar-refractivity contribution is 0.652. The first-order valence-corrected chi connectivity index (χ1v) is 6.73. The zero-order valence-electron chi connectivity index (χ0n) is 10.6. The molecular formula is C15H19N3. The number of aromatic amines is 1. The van der Waals surface area contributed by atoms with Crippen LogP contribution in [-0.2, 0) is 25.9 Å². The third-order valence-corrected chi connectivity index (χ3v) is 3.61. The van der Waals surface area contributed by atoms with Gasteiger partial charge in [-0.3, -0.25) is 5.10 Å². The molecule has 2 N–H and O–H groups in total. The summed E-state index contributed by atoms with van der Waals surface area (Å²) in [6, 6.07) is 10.5. The number of fused-ring (bicyclic) bond motifs is 1. The van der Waals surface area contributed by atoms with Gasteiger partial charge in [-0.25, -0.2) is 0 Å². The van der Waals surface area contributed by atoms with Crippen LogP contribution in [0.15, 0.2) is 30.3 Å². The fourth-order valence-corrected chi connectivity index (χ4v) is 2.62. The molecule has 18 heavy (non-hydrogen) atoms. The lowest BCUT2D eigenvalue weighted by Gasteiger charge is -2.11. The van der Waals surface area contributed by atoms with Crippen LogP contribution >= 0.6 is 0 Å². The van der Waals surface area contributed by atoms with Crippen molar-refractivity contribution in [1.29, 1.82) is 0 Å². The van der Waals surface area contributed by atoms with Crippen molar-refractivity contribution in [2.24, 2.45) is 0 Å². The number of rotatable bonds is 4. The lowest BCUT2D eigenvalue weighted by Crippen LogP contribution is -2.14. The normalized spacial score (nSPS) is 14.4. The Morgan fingerprint density at radius 1 is 1.06 bits per heavy atom. The van der Waals surface area contributed by atoms with Crippen molar-refractivity contribution in [1.82, 2.24) is 15.5 Å². The molecule has 3 nitrogen and oxygen atoms in total. The second-order valence-electron chi connectivity index (χ2n) is 4.92. The van der Waals surface area contributed by atoms with Gasteiger partial charge < -0.3 is 5.32 Å². The van der Waals surface area contributed by atoms with Gasteiger partial charge in [-0.2, -0.15) is 5.10 Å². The topological polar surface area (TPSA) is 40.7 Å². The maximum atomic E-state index is 4.44. The van der Waals surface area contributed by atoms with Crippen molar-refractivity contribution in [3.63, 3.8) is 0 Å². The molecule has 3 heteroatoms. The van der Waals surface area contributed by atoms with E-state index in [0.717, 1.165) is 13.1 Å². The van der Waals surface area contributed by atoms with Crippen molar-refractivity contribution < 1.29 is 0 Å². The number of aromatic nitrogens is 2. The minimum absolute atomic E-state index is 0.862. The van der Waals surface area contributed by atoms with Crippen LogP contribution in [0, 0.1) is 0 Å². The van der Waals surface area contributed by atoms with E-state index in [1.54, 1.807) is 0 Å². The van der Waals surface area contributed by atoms with E-state index in [2.05, 4.69) is 39.8 Å². The van der Waals surface area contributed by atoms with E-state index in [-0.39, 0.29) is 0 Å². The molecule has 2 aromatic rings. The second-order valence-corrected chi connectivity index (χ2v) is 4.92. The van der Waals surface area contributed by atoms with Crippen LogP contribution in [0.2, 0.25) is 0 Å². The molecule has 0 atom stereocenters. The summed E-state index contributed by atoms with van der Waals surface area (Å²) in [4.78, 5) is 0. The molecule has 0 bridgehead atoms. The molecule has 1 aromatic carbocycles. The minimum Gasteiger partial charge on any atom is -0.307 e. The van der Waals surface area contributed by atoms with E-state index >= 15 is 0 Å². The number of benzene rings is 1. The summed E-state index contributed by atoms with van der Waals surface area (Å²) in [6.45, 7) is 1.77. The molecule has 0 saturated heterocycles. The molecule has 0 unspecified atom stereocenters. The molecule has 0 saturated carbocycles. The Bertz CT molecular complexity index is 502. The molecule has 0 fully saturated rings. The lowest BCUT2D eigenvalue weighted by atomic mass is 9.96. The minimum atomic E-state index is 0.862. The first-order chi connectivity index (χ1) is 8.93. The zero-order chi connectivity index (χ0) is 12.2. The molecule has 94 valence electrons. The van der Waals surface area contributed by atoms with Crippen molar-refractivity contribution in [2.45, 2.75) is 38.8 Å². The number of aryl methyl sites for hydroxylation is 1. The second kappa shape index (κ2) is 5.36. The molecule has 0 amide bonds. The fraction of sp³-hybridized carbons (Fsp3) is 0.400. The van der Waals surface area contributed by atoms with Gasteiger partial charge in [0.1, 0.15) is 0 Å². The van der Waals surface area contributed by atoms with Gasteiger partial charge >= 0.3 is 0 Å². The SMILES string of the molecule is c1ccc(CNCc2n[nH]c3c2CCCC3)cc1. The summed E-state index contributed by atoms with van der Waals surface area (Å²) < 4.78 is 0. The van der Waals surface area contributed by atoms with E-state index in [1.807, 2.05) is 6.07 Å². The van der Waals surface area contributed by atoms with Crippen LogP contribution in [0.1, 0.15) is 35.4 Å². The number of nitrogens with zero attached hydrogens (tertiary/aromatic N) is 1. The summed E-state index contributed by atoms with van der Waals surface area (Å²) in [6.07, 6.45) is 4.96. The van der Waals surface area contributed by atoms with Crippen molar-refractivity contribution in [3.05, 3.63) is 52.8 Å². The molecule has 1 aromatic heterocycles. The standard InChI is InChI=1S/C15H19N3/c1-2-6-12(7-3-1)10-16-11-15-13-8-4-5-9-14(13)17-18-15/h1-3,6-7,16H,4-5,8-11H2,(H,17,18). The van der Waals surface area contributed by atoms with Gasteiger partial charge in [0.25, 0.3) is 0 Å². The van der Waals surface area contributed by atoms with Crippen LogP contribution in [0.3, 0.4) is 0 Å². The summed E-state index contributed by atoms with van der Waals surface area (Å²) in [7, 11) is 0. The highest BCUT2D eigenvalue weighted by Gasteiger charge is 2.15. The summed E-state index contributed by atoms with van der Waals surface area (Å²) in [5, 5.41) is 11.1. The maximum Gasteiger partial charge on any atom is 0.0794 e. The van der Waals surface area contributed by atoms with E-state index in [0.29, 0.717) is 0 Å². The van der Waals surface area contributed by atoms with Gasteiger partial charge in [0.2, 0.25) is 0 Å². The molecule has 0 radical (unpaired) electrons. The highest BCUT2D eigenvalue weighted by molar-refractivity contribution is 5.27. The van der Waals surface area contributed by atoms with Crippen molar-refractivity contribution in [2.75, 3.05) is 0 Å². The summed E-state index contributed by atoms with van der Waals surface area (Å²) in [5.74, 6) is 0. The van der Waals surface area contributed by atoms with Gasteiger partial charge in [0.15, 0.2) is 0 Å². The van der Waals surface area contributed by atoms with E-state index < -0.39 is 0 Å². The first kappa shape index (κ1) is 11.5. The largest absolute Gasteiger partial charge is 0.307 e. The third kappa shape index (κ3) is 2.46. The molecule has 3 rings (SSSR count). The van der Waals surface area contributed by atoms with Crippen LogP contribution in [0.5, 0.6) is 0 Å². The third-order valence-electron chi connectivity index (χ3n) is 3.61. The highest BCUT2D eigenvalue weighted by Crippen LogP contribution is 2.21. The Morgan fingerprint density at radius 3 is 2.78 bits per heavy atom. The summed E-state index contributed by atoms with van der Waals surface area (Å²) >= 11 is 0. The smallest absolute Gasteiger partial charge is 0.0794 e. The first-order valence-electron chi connectivity index (χ1n) is 6.73. The van der Waals surface area contributed by atoms with Gasteiger partial charge in [0.05, 0.1) is 5.69 Å². The predicted molar refractivity (Wildman–Crippen MR) is 72.2 cm³/mol. The Balaban J connectivity index is 1.59. The van der Waals surface area contributed by atoms with Crippen molar-refractivity contribution >= 4 is 0 Å². The van der Waals surface area contributed by atoms with Crippen LogP contribution in [-0.4, -0.2) is 10.2 Å². The zero-order valence-corrected chi connectivity index (χ0v) is 10.6. The molecule has 1 aliphatic carbocycles. The average Bonchev–Trinajstić information content (AvgIpc) is 2.84. The molecule has 0 spiro atoms. The molecular weight excluding hydrogens is 222 g/mol. The van der Waals surface area contributed by atoms with Gasteiger partial charge in [-0.05, 0) is 36.8 Å². The number of nitrogens with one attached hydrogen (secondary N) is 2. The Hall–Kier alpha value is -1.61. The summed E-state index contributed by atoms with van der Waals surface area (Å²) in [5.41, 5.74) is 5.35. The predicted octanol–water partition coefficient (Wildman–Crippen LogP) is 2.58. The Labute approximate surface area is 108 Å². The van der Waals surface area contributed by atoms with Crippen LogP contribution in [0.25, 0.3) is 0 Å². The maximum absolute atomic E-state index is 4.44. The number of H-pyrrole nitrogens is 1. The Kier molecular flexibility index (Phi) is 3.42. The van der Waals surface area contributed by atoms with Crippen LogP contribution in [0.4, 0.5) is 0 Å². The van der Waals surface area contributed by atoms with Crippen LogP contribution < -0.4 is 5.32 Å². The molecule has 1 heterocycles. The van der Waals surface area contributed by atoms with Gasteiger partial charge in [-0.15, -0.1) is 0 Å². The van der Waals surface area contributed by atoms with Crippen molar-refractivity contribution in [3.8, 4) is 0 Å². The van der Waals surface area contributed by atoms with Gasteiger partial charge in [-0.1, -0.05) is 30.3 Å². The fourth-order valence-electron chi connectivity index (χ4n) is 2.62. The van der Waals surface area contributed by atoms with E-state index in [4.69, 9.17) is 0 Å². The van der Waals surface area contributed by atoms with E-state index in [1.165, 1.54) is 48.2 Å². The average molecular weight is 241 g/mol. The number of hydrogen-bond donors (Lipinski definition) is 2. The van der Waals surface area contributed by atoms with Gasteiger partial charge in [0, 0.05) is 18.8 Å². The monoisotopic (exact) mass is 241 g/mol. The quantitative estimate of drug-likeness (QED) is 0.863. The number of hydrogen-bond acceptors (Lipinski definition) is 2. The van der Waals surface area contributed by atoms with E-state index in [9.17, 15) is 0 Å². The highest BCUT2D eigenvalue weighted by atomic mass is 15.1. The molecule has 1 aliphatic rings. The molecule has 0 aliphatic heterocycles. The Morgan fingerprint density at radius 2 is 1.89 bits per heavy atom.